The first-order chi connectivity index (χ1) is 10.1. The van der Waals surface area contributed by atoms with Gasteiger partial charge in [0.15, 0.2) is 6.49 Å². The monoisotopic (exact) mass is 333 g/mol. The molecule has 0 aromatic heterocycles. The van der Waals surface area contributed by atoms with Gasteiger partial charge in [-0.3, -0.25) is 0 Å². The third-order valence-electron chi connectivity index (χ3n) is 4.83. The summed E-state index contributed by atoms with van der Waals surface area (Å²) >= 11 is 5.56. The molecule has 0 bridgehead atoms. The van der Waals surface area contributed by atoms with E-state index >= 15 is 0 Å². The van der Waals surface area contributed by atoms with Gasteiger partial charge >= 0.3 is 0 Å². The summed E-state index contributed by atoms with van der Waals surface area (Å²) in [6, 6.07) is 0.739. The lowest BCUT2D eigenvalue weighted by Crippen LogP contribution is -2.49. The molecule has 5 heteroatoms. The van der Waals surface area contributed by atoms with Gasteiger partial charge in [-0.25, -0.2) is 0 Å². The van der Waals surface area contributed by atoms with Crippen LogP contribution in [0, 0.1) is 5.92 Å². The van der Waals surface area contributed by atoms with Crippen molar-refractivity contribution in [3.63, 3.8) is 0 Å². The second kappa shape index (κ2) is 8.98. The third kappa shape index (κ3) is 5.91. The molecule has 3 nitrogen and oxygen atoms in total. The van der Waals surface area contributed by atoms with Crippen molar-refractivity contribution in [2.75, 3.05) is 33.0 Å². The highest BCUT2D eigenvalue weighted by molar-refractivity contribution is 8.09. The van der Waals surface area contributed by atoms with Gasteiger partial charge in [0.25, 0.3) is 0 Å². The van der Waals surface area contributed by atoms with E-state index in [1.807, 2.05) is 6.66 Å². The summed E-state index contributed by atoms with van der Waals surface area (Å²) in [6.45, 7) is 6.32. The van der Waals surface area contributed by atoms with Gasteiger partial charge in [-0.05, 0) is 62.9 Å². The van der Waals surface area contributed by atoms with E-state index < -0.39 is 6.49 Å². The Kier molecular flexibility index (Phi) is 7.64. The van der Waals surface area contributed by atoms with E-state index in [0.29, 0.717) is 5.92 Å². The normalized spacial score (nSPS) is 29.8. The highest BCUT2D eigenvalue weighted by atomic mass is 32.5. The van der Waals surface area contributed by atoms with E-state index in [4.69, 9.17) is 20.9 Å². The van der Waals surface area contributed by atoms with Gasteiger partial charge in [0, 0.05) is 12.7 Å². The van der Waals surface area contributed by atoms with Crippen LogP contribution in [0.2, 0.25) is 0 Å². The standard InChI is InChI=1S/C16H32NO2PS/c1-3-4-7-13-18-20(2,21)19-14-15-9-8-12-17-11-6-5-10-16(15)17/h15-16H,3-14H2,1-2H3/t15-,16+,20+/m0/s1. The maximum absolute atomic E-state index is 6.08. The van der Waals surface area contributed by atoms with E-state index in [1.54, 1.807) is 0 Å². The number of unbranched alkanes of at least 4 members (excludes halogenated alkanes) is 2. The SMILES string of the molecule is CCCCCO[P@@](C)(=S)OC[C@@H]1CCCN2CCCC[C@H]12. The molecule has 3 atom stereocenters. The molecule has 21 heavy (non-hydrogen) atoms. The highest BCUT2D eigenvalue weighted by Gasteiger charge is 2.33. The molecule has 2 heterocycles. The van der Waals surface area contributed by atoms with Crippen molar-refractivity contribution < 1.29 is 9.05 Å². The van der Waals surface area contributed by atoms with Crippen LogP contribution < -0.4 is 0 Å². The number of rotatable bonds is 8. The predicted octanol–water partition coefficient (Wildman–Crippen LogP) is 4.41. The minimum absolute atomic E-state index is 0.667. The summed E-state index contributed by atoms with van der Waals surface area (Å²) in [7, 11) is 0. The number of nitrogens with zero attached hydrogens (tertiary/aromatic N) is 1. The van der Waals surface area contributed by atoms with Gasteiger partial charge in [-0.2, -0.15) is 0 Å². The summed E-state index contributed by atoms with van der Waals surface area (Å²) < 4.78 is 11.9. The molecule has 0 N–H and O–H groups in total. The van der Waals surface area contributed by atoms with Crippen LogP contribution in [0.1, 0.15) is 58.3 Å². The molecule has 2 fully saturated rings. The zero-order chi connectivity index (χ0) is 15.1. The highest BCUT2D eigenvalue weighted by Crippen LogP contribution is 2.46. The zero-order valence-electron chi connectivity index (χ0n) is 13.8. The van der Waals surface area contributed by atoms with E-state index in [2.05, 4.69) is 11.8 Å². The maximum Gasteiger partial charge on any atom is 0.185 e. The van der Waals surface area contributed by atoms with Gasteiger partial charge in [0.05, 0.1) is 13.2 Å². The molecule has 0 saturated carbocycles. The quantitative estimate of drug-likeness (QED) is 0.484. The Morgan fingerprint density at radius 1 is 1.10 bits per heavy atom. The van der Waals surface area contributed by atoms with E-state index in [-0.39, 0.29) is 0 Å². The molecule has 0 radical (unpaired) electrons. The maximum atomic E-state index is 6.08. The van der Waals surface area contributed by atoms with Crippen molar-refractivity contribution in [3.8, 4) is 0 Å². The van der Waals surface area contributed by atoms with Crippen molar-refractivity contribution in [2.45, 2.75) is 64.3 Å². The molecule has 0 spiro atoms. The number of piperidine rings is 2. The number of fused-ring (bicyclic) bond motifs is 1. The fourth-order valence-electron chi connectivity index (χ4n) is 3.62. The van der Waals surface area contributed by atoms with Crippen LogP contribution in [0.3, 0.4) is 0 Å². The lowest BCUT2D eigenvalue weighted by molar-refractivity contribution is 0.0358. The van der Waals surface area contributed by atoms with Gasteiger partial charge in [-0.1, -0.05) is 26.2 Å². The van der Waals surface area contributed by atoms with Gasteiger partial charge in [-0.15, -0.1) is 0 Å². The minimum atomic E-state index is -2.03. The van der Waals surface area contributed by atoms with Crippen molar-refractivity contribution in [1.29, 1.82) is 0 Å². The molecule has 2 saturated heterocycles. The lowest BCUT2D eigenvalue weighted by atomic mass is 9.84. The Morgan fingerprint density at radius 3 is 2.71 bits per heavy atom. The number of hydrogen-bond donors (Lipinski definition) is 0. The molecular weight excluding hydrogens is 301 g/mol. The predicted molar refractivity (Wildman–Crippen MR) is 93.6 cm³/mol. The fraction of sp³-hybridized carbons (Fsp3) is 1.00. The van der Waals surface area contributed by atoms with Crippen molar-refractivity contribution in [3.05, 3.63) is 0 Å². The van der Waals surface area contributed by atoms with Crippen LogP contribution in [0.4, 0.5) is 0 Å². The number of hydrogen-bond acceptors (Lipinski definition) is 4. The second-order valence-electron chi connectivity index (χ2n) is 6.61. The molecule has 2 aliphatic rings. The topological polar surface area (TPSA) is 21.7 Å². The summed E-state index contributed by atoms with van der Waals surface area (Å²) in [4.78, 5) is 2.68. The van der Waals surface area contributed by atoms with Crippen LogP contribution in [-0.2, 0) is 20.9 Å². The molecule has 0 unspecified atom stereocenters. The van der Waals surface area contributed by atoms with E-state index in [0.717, 1.165) is 25.7 Å². The Labute approximate surface area is 135 Å². The molecule has 0 aliphatic carbocycles. The summed E-state index contributed by atoms with van der Waals surface area (Å²) in [5.74, 6) is 0.667. The van der Waals surface area contributed by atoms with Crippen LogP contribution in [-0.4, -0.2) is 43.9 Å². The first kappa shape index (κ1) is 17.9. The first-order valence-corrected chi connectivity index (χ1v) is 11.8. The molecule has 0 aromatic carbocycles. The average Bonchev–Trinajstić information content (AvgIpc) is 2.50. The molecule has 0 aromatic rings. The van der Waals surface area contributed by atoms with E-state index in [9.17, 15) is 0 Å². The van der Waals surface area contributed by atoms with Gasteiger partial charge < -0.3 is 13.9 Å². The van der Waals surface area contributed by atoms with Crippen LogP contribution in [0.15, 0.2) is 0 Å². The molecule has 0 amide bonds. The summed E-state index contributed by atoms with van der Waals surface area (Å²) in [5.41, 5.74) is 0. The van der Waals surface area contributed by atoms with Crippen molar-refractivity contribution >= 4 is 18.3 Å². The zero-order valence-corrected chi connectivity index (χ0v) is 15.5. The Balaban J connectivity index is 1.74. The third-order valence-corrected chi connectivity index (χ3v) is 6.73. The second-order valence-corrected chi connectivity index (χ2v) is 10.7. The first-order valence-electron chi connectivity index (χ1n) is 8.73. The minimum Gasteiger partial charge on any atom is -0.329 e. The molecular formula is C16H32NO2PS. The van der Waals surface area contributed by atoms with Crippen LogP contribution in [0.25, 0.3) is 0 Å². The van der Waals surface area contributed by atoms with Crippen LogP contribution in [0.5, 0.6) is 0 Å². The Morgan fingerprint density at radius 2 is 1.90 bits per heavy atom. The average molecular weight is 333 g/mol. The van der Waals surface area contributed by atoms with Gasteiger partial charge in [0.1, 0.15) is 0 Å². The van der Waals surface area contributed by atoms with Crippen LogP contribution >= 0.6 is 6.49 Å². The molecule has 2 rings (SSSR count). The largest absolute Gasteiger partial charge is 0.329 e. The molecule has 2 aliphatic heterocycles. The Hall–Kier alpha value is 0.530. The lowest BCUT2D eigenvalue weighted by Gasteiger charge is -2.44. The smallest absolute Gasteiger partial charge is 0.185 e. The summed E-state index contributed by atoms with van der Waals surface area (Å²) in [6.07, 6.45) is 10.2. The Bertz CT molecular complexity index is 351. The summed E-state index contributed by atoms with van der Waals surface area (Å²) in [5, 5.41) is 0. The van der Waals surface area contributed by atoms with Crippen molar-refractivity contribution in [2.24, 2.45) is 5.92 Å². The van der Waals surface area contributed by atoms with Crippen molar-refractivity contribution in [1.82, 2.24) is 4.90 Å². The van der Waals surface area contributed by atoms with E-state index in [1.165, 1.54) is 58.0 Å². The van der Waals surface area contributed by atoms with Gasteiger partial charge in [0.2, 0.25) is 0 Å². The molecule has 124 valence electrons. The fourth-order valence-corrected chi connectivity index (χ4v) is 5.03.